The molecule has 1 aromatic rings. The van der Waals surface area contributed by atoms with Crippen molar-refractivity contribution < 1.29 is 4.79 Å². The van der Waals surface area contributed by atoms with Crippen LogP contribution < -0.4 is 5.01 Å². The van der Waals surface area contributed by atoms with E-state index in [4.69, 9.17) is 0 Å². The smallest absolute Gasteiger partial charge is 0.150 e. The van der Waals surface area contributed by atoms with Crippen LogP contribution in [0.5, 0.6) is 0 Å². The first-order chi connectivity index (χ1) is 7.20. The van der Waals surface area contributed by atoms with Crippen molar-refractivity contribution in [1.82, 2.24) is 0 Å². The first kappa shape index (κ1) is 9.90. The predicted molar refractivity (Wildman–Crippen MR) is 61.5 cm³/mol. The first-order valence-electron chi connectivity index (χ1n) is 5.09. The summed E-state index contributed by atoms with van der Waals surface area (Å²) < 4.78 is 0. The van der Waals surface area contributed by atoms with Gasteiger partial charge < -0.3 is 0 Å². The lowest BCUT2D eigenvalue weighted by Gasteiger charge is -2.19. The second-order valence-corrected chi connectivity index (χ2v) is 3.94. The number of nitrogens with zero attached hydrogens (tertiary/aromatic N) is 2. The lowest BCUT2D eigenvalue weighted by molar-refractivity contribution is 0.112. The van der Waals surface area contributed by atoms with Crippen LogP contribution in [0.25, 0.3) is 0 Å². The van der Waals surface area contributed by atoms with Crippen molar-refractivity contribution in [3.63, 3.8) is 0 Å². The third-order valence-corrected chi connectivity index (χ3v) is 2.58. The third-order valence-electron chi connectivity index (χ3n) is 2.58. The summed E-state index contributed by atoms with van der Waals surface area (Å²) in [6, 6.07) is 7.91. The summed E-state index contributed by atoms with van der Waals surface area (Å²) in [5.74, 6) is 0. The van der Waals surface area contributed by atoms with Crippen LogP contribution in [0.1, 0.15) is 30.6 Å². The number of aldehydes is 1. The van der Waals surface area contributed by atoms with Gasteiger partial charge in [-0.15, -0.1) is 0 Å². The van der Waals surface area contributed by atoms with Crippen molar-refractivity contribution in [2.45, 2.75) is 26.3 Å². The molecule has 0 saturated heterocycles. The van der Waals surface area contributed by atoms with E-state index < -0.39 is 0 Å². The minimum atomic E-state index is 0.409. The molecular weight excluding hydrogens is 188 g/mol. The largest absolute Gasteiger partial charge is 0.298 e. The van der Waals surface area contributed by atoms with Crippen LogP contribution in [0, 0.1) is 0 Å². The highest BCUT2D eigenvalue weighted by molar-refractivity contribution is 5.86. The lowest BCUT2D eigenvalue weighted by Crippen LogP contribution is -2.22. The van der Waals surface area contributed by atoms with E-state index >= 15 is 0 Å². The van der Waals surface area contributed by atoms with Crippen LogP contribution in [0.3, 0.4) is 0 Å². The van der Waals surface area contributed by atoms with Crippen molar-refractivity contribution in [2.24, 2.45) is 5.10 Å². The van der Waals surface area contributed by atoms with Crippen molar-refractivity contribution in [2.75, 3.05) is 5.01 Å². The molecule has 0 radical (unpaired) electrons. The van der Waals surface area contributed by atoms with Crippen LogP contribution in [-0.2, 0) is 0 Å². The molecule has 1 aromatic carbocycles. The SMILES string of the molecule is CC1=NN(c2ccc(C=O)cc2)C(C)C1. The molecule has 0 spiro atoms. The van der Waals surface area contributed by atoms with E-state index in [9.17, 15) is 4.79 Å². The molecule has 1 aliphatic heterocycles. The Hall–Kier alpha value is -1.64. The van der Waals surface area contributed by atoms with Crippen molar-refractivity contribution in [3.8, 4) is 0 Å². The number of hydrogen-bond donors (Lipinski definition) is 0. The monoisotopic (exact) mass is 202 g/mol. The molecule has 0 N–H and O–H groups in total. The average molecular weight is 202 g/mol. The van der Waals surface area contributed by atoms with E-state index in [0.29, 0.717) is 11.6 Å². The molecule has 1 atom stereocenters. The van der Waals surface area contributed by atoms with E-state index in [1.54, 1.807) is 0 Å². The molecule has 3 nitrogen and oxygen atoms in total. The van der Waals surface area contributed by atoms with Crippen LogP contribution in [0.4, 0.5) is 5.69 Å². The van der Waals surface area contributed by atoms with Gasteiger partial charge in [0.25, 0.3) is 0 Å². The van der Waals surface area contributed by atoms with Gasteiger partial charge in [-0.1, -0.05) is 0 Å². The van der Waals surface area contributed by atoms with Gasteiger partial charge >= 0.3 is 0 Å². The second kappa shape index (κ2) is 3.85. The van der Waals surface area contributed by atoms with Crippen LogP contribution in [0.2, 0.25) is 0 Å². The summed E-state index contributed by atoms with van der Waals surface area (Å²) in [5.41, 5.74) is 2.90. The highest BCUT2D eigenvalue weighted by atomic mass is 16.1. The first-order valence-corrected chi connectivity index (χ1v) is 5.09. The van der Waals surface area contributed by atoms with Crippen LogP contribution in [0.15, 0.2) is 29.4 Å². The number of hydrazone groups is 1. The molecule has 0 aliphatic carbocycles. The van der Waals surface area contributed by atoms with Crippen LogP contribution >= 0.6 is 0 Å². The lowest BCUT2D eigenvalue weighted by atomic mass is 10.1. The Bertz CT molecular complexity index is 395. The van der Waals surface area contributed by atoms with E-state index in [-0.39, 0.29) is 0 Å². The number of rotatable bonds is 2. The second-order valence-electron chi connectivity index (χ2n) is 3.94. The number of anilines is 1. The van der Waals surface area contributed by atoms with Gasteiger partial charge in [0.05, 0.1) is 11.7 Å². The Morgan fingerprint density at radius 3 is 2.53 bits per heavy atom. The Balaban J connectivity index is 2.26. The fraction of sp³-hybridized carbons (Fsp3) is 0.333. The predicted octanol–water partition coefficient (Wildman–Crippen LogP) is 2.47. The number of carbonyl (C=O) groups is 1. The third kappa shape index (κ3) is 1.91. The highest BCUT2D eigenvalue weighted by Gasteiger charge is 2.20. The zero-order chi connectivity index (χ0) is 10.8. The number of carbonyl (C=O) groups excluding carboxylic acids is 1. The standard InChI is InChI=1S/C12H14N2O/c1-9-7-10(2)14(13-9)12-5-3-11(8-15)4-6-12/h3-6,8,10H,7H2,1-2H3. The molecule has 78 valence electrons. The zero-order valence-corrected chi connectivity index (χ0v) is 8.97. The molecule has 0 saturated carbocycles. The molecule has 1 aliphatic rings. The van der Waals surface area contributed by atoms with E-state index in [2.05, 4.69) is 12.0 Å². The topological polar surface area (TPSA) is 32.7 Å². The van der Waals surface area contributed by atoms with Crippen LogP contribution in [-0.4, -0.2) is 18.0 Å². The minimum Gasteiger partial charge on any atom is -0.298 e. The molecule has 0 amide bonds. The minimum absolute atomic E-state index is 0.409. The Morgan fingerprint density at radius 1 is 1.40 bits per heavy atom. The van der Waals surface area contributed by atoms with Gasteiger partial charge in [0, 0.05) is 17.7 Å². The van der Waals surface area contributed by atoms with Gasteiger partial charge in [0.2, 0.25) is 0 Å². The summed E-state index contributed by atoms with van der Waals surface area (Å²) in [6.07, 6.45) is 1.86. The number of hydrogen-bond acceptors (Lipinski definition) is 3. The molecule has 0 aromatic heterocycles. The molecule has 1 unspecified atom stereocenters. The molecule has 1 heterocycles. The Morgan fingerprint density at radius 2 is 2.07 bits per heavy atom. The van der Waals surface area contributed by atoms with E-state index in [1.165, 1.54) is 0 Å². The van der Waals surface area contributed by atoms with E-state index in [0.717, 1.165) is 24.1 Å². The maximum atomic E-state index is 10.5. The van der Waals surface area contributed by atoms with Gasteiger partial charge in [0.1, 0.15) is 6.29 Å². The van der Waals surface area contributed by atoms with Crippen molar-refractivity contribution in [1.29, 1.82) is 0 Å². The molecular formula is C12H14N2O. The summed E-state index contributed by atoms with van der Waals surface area (Å²) in [7, 11) is 0. The van der Waals surface area contributed by atoms with Gasteiger partial charge in [-0.05, 0) is 38.1 Å². The maximum Gasteiger partial charge on any atom is 0.150 e. The quantitative estimate of drug-likeness (QED) is 0.690. The summed E-state index contributed by atoms with van der Waals surface area (Å²) in [4.78, 5) is 10.5. The Kier molecular flexibility index (Phi) is 2.54. The van der Waals surface area contributed by atoms with Gasteiger partial charge in [-0.25, -0.2) is 0 Å². The van der Waals surface area contributed by atoms with Gasteiger partial charge in [-0.3, -0.25) is 9.80 Å². The summed E-state index contributed by atoms with van der Waals surface area (Å²) in [6.45, 7) is 4.18. The molecule has 15 heavy (non-hydrogen) atoms. The summed E-state index contributed by atoms with van der Waals surface area (Å²) in [5, 5.41) is 6.46. The molecule has 0 fully saturated rings. The fourth-order valence-electron chi connectivity index (χ4n) is 1.86. The fourth-order valence-corrected chi connectivity index (χ4v) is 1.86. The highest BCUT2D eigenvalue weighted by Crippen LogP contribution is 2.24. The maximum absolute atomic E-state index is 10.5. The molecule has 2 rings (SSSR count). The number of benzene rings is 1. The van der Waals surface area contributed by atoms with Gasteiger partial charge in [0.15, 0.2) is 0 Å². The normalized spacial score (nSPS) is 20.3. The van der Waals surface area contributed by atoms with E-state index in [1.807, 2.05) is 36.2 Å². The zero-order valence-electron chi connectivity index (χ0n) is 8.97. The Labute approximate surface area is 89.4 Å². The molecule has 3 heteroatoms. The molecule has 0 bridgehead atoms. The van der Waals surface area contributed by atoms with Crippen molar-refractivity contribution >= 4 is 17.7 Å². The van der Waals surface area contributed by atoms with Gasteiger partial charge in [-0.2, -0.15) is 5.10 Å². The average Bonchev–Trinajstić information content (AvgIpc) is 2.58. The summed E-state index contributed by atoms with van der Waals surface area (Å²) >= 11 is 0. The van der Waals surface area contributed by atoms with Crippen molar-refractivity contribution in [3.05, 3.63) is 29.8 Å².